The largest absolute Gasteiger partial charge is 0.492 e. The van der Waals surface area contributed by atoms with E-state index in [0.717, 1.165) is 12.3 Å². The molecular weight excluding hydrogens is 293 g/mol. The fraction of sp³-hybridized carbons (Fsp3) is 0.625. The molecule has 0 radical (unpaired) electrons. The average molecular weight is 316 g/mol. The maximum absolute atomic E-state index is 6.05. The second-order valence-corrected chi connectivity index (χ2v) is 6.50. The lowest BCUT2D eigenvalue weighted by atomic mass is 9.99. The number of benzene rings is 1. The van der Waals surface area contributed by atoms with Gasteiger partial charge in [0.1, 0.15) is 5.75 Å². The molecule has 0 unspecified atom stereocenters. The van der Waals surface area contributed by atoms with Crippen LogP contribution < -0.4 is 4.74 Å². The molecule has 0 atom stereocenters. The minimum atomic E-state index is 0.624. The summed E-state index contributed by atoms with van der Waals surface area (Å²) in [6.07, 6.45) is 4.91. The Balaban J connectivity index is 1.61. The third-order valence-electron chi connectivity index (χ3n) is 3.90. The molecule has 4 heteroatoms. The van der Waals surface area contributed by atoms with E-state index >= 15 is 0 Å². The van der Waals surface area contributed by atoms with Crippen molar-refractivity contribution in [3.05, 3.63) is 28.2 Å². The van der Waals surface area contributed by atoms with Crippen molar-refractivity contribution in [1.82, 2.24) is 4.90 Å². The maximum Gasteiger partial charge on any atom is 0.139 e. The average Bonchev–Trinajstić information content (AvgIpc) is 2.44. The molecular formula is C16H23Cl2NO. The summed E-state index contributed by atoms with van der Waals surface area (Å²) in [7, 11) is 0. The van der Waals surface area contributed by atoms with Crippen LogP contribution in [0.25, 0.3) is 0 Å². The van der Waals surface area contributed by atoms with Gasteiger partial charge in [-0.25, -0.2) is 0 Å². The molecule has 0 bridgehead atoms. The Labute approximate surface area is 132 Å². The first kappa shape index (κ1) is 15.9. The van der Waals surface area contributed by atoms with Crippen LogP contribution in [0.4, 0.5) is 0 Å². The topological polar surface area (TPSA) is 12.5 Å². The zero-order valence-corrected chi connectivity index (χ0v) is 13.6. The van der Waals surface area contributed by atoms with E-state index in [9.17, 15) is 0 Å². The Hall–Kier alpha value is -0.440. The van der Waals surface area contributed by atoms with Gasteiger partial charge in [0, 0.05) is 11.1 Å². The normalized spacial score (nSPS) is 17.4. The minimum absolute atomic E-state index is 0.624. The van der Waals surface area contributed by atoms with E-state index < -0.39 is 0 Å². The van der Waals surface area contributed by atoms with Gasteiger partial charge in [0.25, 0.3) is 0 Å². The number of hydrogen-bond acceptors (Lipinski definition) is 2. The number of ether oxygens (including phenoxy) is 1. The lowest BCUT2D eigenvalue weighted by Gasteiger charge is -2.30. The summed E-state index contributed by atoms with van der Waals surface area (Å²) in [6.45, 7) is 6.73. The first-order valence-corrected chi connectivity index (χ1v) is 8.21. The molecule has 0 N–H and O–H groups in total. The highest BCUT2D eigenvalue weighted by Crippen LogP contribution is 2.27. The van der Waals surface area contributed by atoms with Gasteiger partial charge in [0.15, 0.2) is 0 Å². The first-order chi connectivity index (χ1) is 9.65. The van der Waals surface area contributed by atoms with Gasteiger partial charge in [-0.3, -0.25) is 0 Å². The van der Waals surface area contributed by atoms with Crippen molar-refractivity contribution in [3.8, 4) is 5.75 Å². The third-order valence-corrected chi connectivity index (χ3v) is 4.44. The number of halogens is 2. The Kier molecular flexibility index (Phi) is 6.47. The quantitative estimate of drug-likeness (QED) is 0.693. The lowest BCUT2D eigenvalue weighted by Crippen LogP contribution is -2.33. The molecule has 1 fully saturated rings. The van der Waals surface area contributed by atoms with Crippen LogP contribution in [0, 0.1) is 5.92 Å². The van der Waals surface area contributed by atoms with E-state index in [4.69, 9.17) is 27.9 Å². The van der Waals surface area contributed by atoms with Gasteiger partial charge in [-0.1, -0.05) is 30.1 Å². The Morgan fingerprint density at radius 1 is 1.20 bits per heavy atom. The smallest absolute Gasteiger partial charge is 0.139 e. The molecule has 0 aromatic heterocycles. The highest BCUT2D eigenvalue weighted by Gasteiger charge is 2.14. The van der Waals surface area contributed by atoms with Crippen molar-refractivity contribution in [2.45, 2.75) is 32.6 Å². The molecule has 1 aromatic carbocycles. The lowest BCUT2D eigenvalue weighted by molar-refractivity contribution is 0.185. The second-order valence-electron chi connectivity index (χ2n) is 5.65. The zero-order chi connectivity index (χ0) is 14.4. The fourth-order valence-corrected chi connectivity index (χ4v) is 2.83. The van der Waals surface area contributed by atoms with Crippen molar-refractivity contribution in [1.29, 1.82) is 0 Å². The molecule has 2 rings (SSSR count). The molecule has 0 saturated carbocycles. The minimum Gasteiger partial charge on any atom is -0.492 e. The van der Waals surface area contributed by atoms with E-state index in [1.165, 1.54) is 38.9 Å². The van der Waals surface area contributed by atoms with Crippen LogP contribution in [0.1, 0.15) is 32.6 Å². The summed E-state index contributed by atoms with van der Waals surface area (Å²) in [4.78, 5) is 2.56. The summed E-state index contributed by atoms with van der Waals surface area (Å²) in [6, 6.07) is 5.32. The fourth-order valence-electron chi connectivity index (χ4n) is 2.49. The number of hydrogen-bond donors (Lipinski definition) is 0. The molecule has 112 valence electrons. The summed E-state index contributed by atoms with van der Waals surface area (Å²) >= 11 is 12.0. The van der Waals surface area contributed by atoms with Gasteiger partial charge in [-0.05, 0) is 63.4 Å². The SMILES string of the molecule is CC1CCN(CCCCOc2cc(Cl)ccc2Cl)CC1. The van der Waals surface area contributed by atoms with Crippen LogP contribution in [0.3, 0.4) is 0 Å². The van der Waals surface area contributed by atoms with Crippen LogP contribution in [-0.2, 0) is 0 Å². The molecule has 1 aliphatic rings. The third kappa shape index (κ3) is 5.16. The van der Waals surface area contributed by atoms with E-state index in [1.807, 2.05) is 0 Å². The van der Waals surface area contributed by atoms with Crippen molar-refractivity contribution in [3.63, 3.8) is 0 Å². The zero-order valence-electron chi connectivity index (χ0n) is 12.1. The molecule has 1 heterocycles. The summed E-state index contributed by atoms with van der Waals surface area (Å²) < 4.78 is 5.69. The Bertz CT molecular complexity index is 417. The van der Waals surface area contributed by atoms with Crippen LogP contribution >= 0.6 is 23.2 Å². The predicted molar refractivity (Wildman–Crippen MR) is 86.0 cm³/mol. The number of likely N-dealkylation sites (tertiary alicyclic amines) is 1. The van der Waals surface area contributed by atoms with Crippen LogP contribution in [0.5, 0.6) is 5.75 Å². The van der Waals surface area contributed by atoms with Crippen molar-refractivity contribution in [2.24, 2.45) is 5.92 Å². The van der Waals surface area contributed by atoms with Gasteiger partial charge in [-0.2, -0.15) is 0 Å². The Morgan fingerprint density at radius 3 is 2.70 bits per heavy atom. The van der Waals surface area contributed by atoms with Gasteiger partial charge in [0.05, 0.1) is 11.6 Å². The van der Waals surface area contributed by atoms with Gasteiger partial charge in [0.2, 0.25) is 0 Å². The number of rotatable bonds is 6. The first-order valence-electron chi connectivity index (χ1n) is 7.45. The van der Waals surface area contributed by atoms with Gasteiger partial charge >= 0.3 is 0 Å². The Morgan fingerprint density at radius 2 is 1.95 bits per heavy atom. The van der Waals surface area contributed by atoms with Crippen LogP contribution in [-0.4, -0.2) is 31.1 Å². The predicted octanol–water partition coefficient (Wildman–Crippen LogP) is 4.88. The molecule has 0 aliphatic carbocycles. The molecule has 1 aromatic rings. The standard InChI is InChI=1S/C16H23Cl2NO/c1-13-6-9-19(10-7-13)8-2-3-11-20-16-12-14(17)4-5-15(16)18/h4-5,12-13H,2-3,6-11H2,1H3. The van der Waals surface area contributed by atoms with Gasteiger partial charge < -0.3 is 9.64 Å². The molecule has 1 aliphatic heterocycles. The monoisotopic (exact) mass is 315 g/mol. The van der Waals surface area contributed by atoms with E-state index in [0.29, 0.717) is 22.4 Å². The molecule has 2 nitrogen and oxygen atoms in total. The van der Waals surface area contributed by atoms with Crippen molar-refractivity contribution in [2.75, 3.05) is 26.2 Å². The van der Waals surface area contributed by atoms with Crippen molar-refractivity contribution >= 4 is 23.2 Å². The number of piperidine rings is 1. The highest BCUT2D eigenvalue weighted by atomic mass is 35.5. The molecule has 0 spiro atoms. The molecule has 0 amide bonds. The second kappa shape index (κ2) is 8.11. The van der Waals surface area contributed by atoms with E-state index in [1.54, 1.807) is 18.2 Å². The van der Waals surface area contributed by atoms with E-state index in [-0.39, 0.29) is 0 Å². The van der Waals surface area contributed by atoms with Crippen LogP contribution in [0.2, 0.25) is 10.0 Å². The number of nitrogens with zero attached hydrogens (tertiary/aromatic N) is 1. The van der Waals surface area contributed by atoms with Crippen molar-refractivity contribution < 1.29 is 4.74 Å². The highest BCUT2D eigenvalue weighted by molar-refractivity contribution is 6.34. The molecule has 20 heavy (non-hydrogen) atoms. The van der Waals surface area contributed by atoms with Crippen LogP contribution in [0.15, 0.2) is 18.2 Å². The summed E-state index contributed by atoms with van der Waals surface area (Å²) in [5.74, 6) is 1.59. The maximum atomic E-state index is 6.05. The van der Waals surface area contributed by atoms with E-state index in [2.05, 4.69) is 11.8 Å². The molecule has 1 saturated heterocycles. The van der Waals surface area contributed by atoms with Gasteiger partial charge in [-0.15, -0.1) is 0 Å². The summed E-state index contributed by atoms with van der Waals surface area (Å²) in [5, 5.41) is 1.28. The summed E-state index contributed by atoms with van der Waals surface area (Å²) in [5.41, 5.74) is 0. The number of unbranched alkanes of at least 4 members (excludes halogenated alkanes) is 1.